The molecule has 0 spiro atoms. The molecule has 2 aromatic carbocycles. The van der Waals surface area contributed by atoms with Gasteiger partial charge in [0.15, 0.2) is 0 Å². The lowest BCUT2D eigenvalue weighted by atomic mass is 9.81. The zero-order valence-corrected chi connectivity index (χ0v) is 18.4. The third kappa shape index (κ3) is 4.26. The molecule has 1 saturated heterocycles. The Morgan fingerprint density at radius 1 is 1.06 bits per heavy atom. The van der Waals surface area contributed by atoms with E-state index in [1.54, 1.807) is 10.9 Å². The summed E-state index contributed by atoms with van der Waals surface area (Å²) >= 11 is 0. The molecule has 0 unspecified atom stereocenters. The van der Waals surface area contributed by atoms with Crippen LogP contribution in [0.3, 0.4) is 0 Å². The highest BCUT2D eigenvalue weighted by atomic mass is 19.1. The molecule has 2 heterocycles. The van der Waals surface area contributed by atoms with Gasteiger partial charge in [-0.05, 0) is 61.4 Å². The molecule has 1 aromatic heterocycles. The summed E-state index contributed by atoms with van der Waals surface area (Å²) in [5.74, 6) is -1.99. The highest BCUT2D eigenvalue weighted by Gasteiger charge is 2.37. The molecule has 1 aliphatic heterocycles. The molecule has 34 heavy (non-hydrogen) atoms. The molecular weight excluding hydrogens is 445 g/mol. The largest absolute Gasteiger partial charge is 0.272 e. The van der Waals surface area contributed by atoms with Crippen molar-refractivity contribution in [2.24, 2.45) is 11.8 Å². The molecule has 0 bridgehead atoms. The molecule has 1 aliphatic carbocycles. The van der Waals surface area contributed by atoms with E-state index < -0.39 is 23.5 Å². The van der Waals surface area contributed by atoms with Crippen molar-refractivity contribution >= 4 is 16.8 Å². The number of hydrogen-bond donors (Lipinski definition) is 0. The number of rotatable bonds is 4. The van der Waals surface area contributed by atoms with E-state index in [9.17, 15) is 18.0 Å². The summed E-state index contributed by atoms with van der Waals surface area (Å²) in [5, 5.41) is 15.4. The van der Waals surface area contributed by atoms with Gasteiger partial charge in [0.2, 0.25) is 5.91 Å². The van der Waals surface area contributed by atoms with E-state index in [4.69, 9.17) is 10.1 Å². The second-order valence-corrected chi connectivity index (χ2v) is 9.05. The van der Waals surface area contributed by atoms with Crippen molar-refractivity contribution in [2.75, 3.05) is 6.61 Å². The first-order valence-corrected chi connectivity index (χ1v) is 11.4. The first-order valence-electron chi connectivity index (χ1n) is 11.4. The van der Waals surface area contributed by atoms with Crippen LogP contribution in [0.25, 0.3) is 10.9 Å². The van der Waals surface area contributed by atoms with Crippen LogP contribution < -0.4 is 0 Å². The minimum atomic E-state index is -0.675. The predicted octanol–water partition coefficient (Wildman–Crippen LogP) is 5.04. The van der Waals surface area contributed by atoms with Crippen LogP contribution in [-0.4, -0.2) is 27.4 Å². The first kappa shape index (κ1) is 22.4. The molecule has 9 heteroatoms. The van der Waals surface area contributed by atoms with Crippen LogP contribution >= 0.6 is 0 Å². The maximum absolute atomic E-state index is 13.9. The van der Waals surface area contributed by atoms with Gasteiger partial charge >= 0.3 is 0 Å². The van der Waals surface area contributed by atoms with Crippen LogP contribution in [0, 0.1) is 40.6 Å². The second kappa shape index (κ2) is 9.11. The van der Waals surface area contributed by atoms with E-state index in [1.807, 2.05) is 6.07 Å². The molecular formula is C25H23F3N4O2. The summed E-state index contributed by atoms with van der Waals surface area (Å²) in [5.41, 5.74) is 1.10. The van der Waals surface area contributed by atoms with Crippen molar-refractivity contribution in [2.45, 2.75) is 44.7 Å². The summed E-state index contributed by atoms with van der Waals surface area (Å²) in [6.45, 7) is 0.938. The third-order valence-corrected chi connectivity index (χ3v) is 6.87. The number of aromatic nitrogens is 2. The Hall–Kier alpha value is -3.38. The van der Waals surface area contributed by atoms with Crippen LogP contribution in [0.2, 0.25) is 0 Å². The summed E-state index contributed by atoms with van der Waals surface area (Å²) in [6.07, 6.45) is 5.03. The van der Waals surface area contributed by atoms with Crippen LogP contribution in [0.1, 0.15) is 49.3 Å². The van der Waals surface area contributed by atoms with Gasteiger partial charge in [-0.25, -0.2) is 18.2 Å². The van der Waals surface area contributed by atoms with E-state index in [0.717, 1.165) is 18.9 Å². The van der Waals surface area contributed by atoms with Crippen LogP contribution in [-0.2, 0) is 16.2 Å². The molecule has 1 amide bonds. The lowest BCUT2D eigenvalue weighted by Crippen LogP contribution is -2.37. The lowest BCUT2D eigenvalue weighted by molar-refractivity contribution is -0.183. The van der Waals surface area contributed by atoms with Gasteiger partial charge < -0.3 is 0 Å². The fourth-order valence-electron chi connectivity index (χ4n) is 5.10. The van der Waals surface area contributed by atoms with Gasteiger partial charge in [-0.2, -0.15) is 10.4 Å². The van der Waals surface area contributed by atoms with Crippen molar-refractivity contribution in [3.05, 3.63) is 65.1 Å². The number of hydrogen-bond acceptors (Lipinski definition) is 4. The van der Waals surface area contributed by atoms with Crippen LogP contribution in [0.15, 0.2) is 36.5 Å². The quantitative estimate of drug-likeness (QED) is 0.538. The molecule has 176 valence electrons. The van der Waals surface area contributed by atoms with E-state index in [-0.39, 0.29) is 23.3 Å². The van der Waals surface area contributed by atoms with Crippen LogP contribution in [0.4, 0.5) is 13.2 Å². The van der Waals surface area contributed by atoms with Gasteiger partial charge in [0.25, 0.3) is 0 Å². The topological polar surface area (TPSA) is 71.2 Å². The Labute approximate surface area is 194 Å². The molecule has 0 N–H and O–H groups in total. The minimum absolute atomic E-state index is 0.0121. The Balaban J connectivity index is 1.23. The highest BCUT2D eigenvalue weighted by molar-refractivity contribution is 5.80. The molecule has 2 aliphatic rings. The van der Waals surface area contributed by atoms with Crippen molar-refractivity contribution in [1.82, 2.24) is 14.8 Å². The first-order chi connectivity index (χ1) is 16.4. The molecule has 6 nitrogen and oxygen atoms in total. The zero-order valence-electron chi connectivity index (χ0n) is 18.4. The van der Waals surface area contributed by atoms with Gasteiger partial charge in [0.05, 0.1) is 29.9 Å². The molecule has 1 saturated carbocycles. The van der Waals surface area contributed by atoms with Gasteiger partial charge in [-0.3, -0.25) is 14.3 Å². The number of nitrogens with zero attached hydrogens (tertiary/aromatic N) is 4. The highest BCUT2D eigenvalue weighted by Crippen LogP contribution is 2.37. The molecule has 2 fully saturated rings. The summed E-state index contributed by atoms with van der Waals surface area (Å²) in [7, 11) is 0. The smallest absolute Gasteiger partial charge is 0.249 e. The van der Waals surface area contributed by atoms with E-state index >= 15 is 0 Å². The summed E-state index contributed by atoms with van der Waals surface area (Å²) < 4.78 is 43.1. The molecule has 3 aromatic rings. The Morgan fingerprint density at radius 2 is 1.79 bits per heavy atom. The van der Waals surface area contributed by atoms with E-state index in [1.165, 1.54) is 29.3 Å². The number of amides is 1. The molecule has 1 atom stereocenters. The predicted molar refractivity (Wildman–Crippen MR) is 116 cm³/mol. The van der Waals surface area contributed by atoms with Crippen molar-refractivity contribution in [3.8, 4) is 6.07 Å². The van der Waals surface area contributed by atoms with Crippen molar-refractivity contribution in [3.63, 3.8) is 0 Å². The maximum atomic E-state index is 13.9. The van der Waals surface area contributed by atoms with Crippen molar-refractivity contribution < 1.29 is 22.8 Å². The molecule has 5 rings (SSSR count). The fourth-order valence-corrected chi connectivity index (χ4v) is 5.10. The van der Waals surface area contributed by atoms with Crippen LogP contribution in [0.5, 0.6) is 0 Å². The van der Waals surface area contributed by atoms with Crippen molar-refractivity contribution in [1.29, 1.82) is 5.26 Å². The summed E-state index contributed by atoms with van der Waals surface area (Å²) in [6, 6.07) is 7.52. The number of halogens is 3. The van der Waals surface area contributed by atoms with E-state index in [2.05, 4.69) is 5.10 Å². The Morgan fingerprint density at radius 3 is 2.50 bits per heavy atom. The fraction of sp³-hybridized carbons (Fsp3) is 0.400. The number of nitriles is 1. The SMILES string of the molecule is N#Cc1cc2c(cnn2CC2CCC(C(=O)N3OCC[C@H]3c3cc(F)cc(F)c3)CC2)cc1F. The minimum Gasteiger partial charge on any atom is -0.272 e. The summed E-state index contributed by atoms with van der Waals surface area (Å²) in [4.78, 5) is 18.8. The van der Waals surface area contributed by atoms with Gasteiger partial charge in [0, 0.05) is 30.3 Å². The Kier molecular flexibility index (Phi) is 6.00. The average molecular weight is 468 g/mol. The van der Waals surface area contributed by atoms with Gasteiger partial charge in [-0.15, -0.1) is 0 Å². The molecule has 0 radical (unpaired) electrons. The number of carbonyl (C=O) groups is 1. The maximum Gasteiger partial charge on any atom is 0.249 e. The second-order valence-electron chi connectivity index (χ2n) is 9.05. The Bertz CT molecular complexity index is 1260. The number of carbonyl (C=O) groups excluding carboxylic acids is 1. The average Bonchev–Trinajstić information content (AvgIpc) is 3.45. The lowest BCUT2D eigenvalue weighted by Gasteiger charge is -2.32. The number of hydroxylamine groups is 2. The van der Waals surface area contributed by atoms with Gasteiger partial charge in [0.1, 0.15) is 23.5 Å². The standard InChI is InChI=1S/C25H23F3N4O2/c26-20-7-17(8-21(27)11-20)23-5-6-34-32(23)25(33)16-3-1-15(2-4-16)14-31-24-10-18(12-29)22(28)9-19(24)13-30-31/h7-11,13,15-16,23H,1-6,14H2/t15?,16?,23-/m0/s1. The third-order valence-electron chi connectivity index (χ3n) is 6.87. The normalized spacial score (nSPS) is 22.8. The zero-order chi connectivity index (χ0) is 23.8. The monoisotopic (exact) mass is 468 g/mol. The van der Waals surface area contributed by atoms with E-state index in [0.29, 0.717) is 48.9 Å². The van der Waals surface area contributed by atoms with Gasteiger partial charge in [-0.1, -0.05) is 0 Å². The number of fused-ring (bicyclic) bond motifs is 1. The number of benzene rings is 2.